The molecule has 2 atom stereocenters. The van der Waals surface area contributed by atoms with Gasteiger partial charge in [-0.1, -0.05) is 48.0 Å². The van der Waals surface area contributed by atoms with Gasteiger partial charge in [0.2, 0.25) is 0 Å². The highest BCUT2D eigenvalue weighted by Gasteiger charge is 2.17. The standard InChI is InChI=1S/C16H19NO/c1-12-8-10-15(11-9-12)18-16(13(2)17)14-6-4-3-5-7-14/h3-11,13,16H,17H2,1-2H3. The van der Waals surface area contributed by atoms with Crippen LogP contribution in [0.3, 0.4) is 0 Å². The number of ether oxygens (including phenoxy) is 1. The second kappa shape index (κ2) is 5.69. The summed E-state index contributed by atoms with van der Waals surface area (Å²) in [5.41, 5.74) is 8.35. The van der Waals surface area contributed by atoms with Gasteiger partial charge in [0.25, 0.3) is 0 Å². The molecular weight excluding hydrogens is 222 g/mol. The van der Waals surface area contributed by atoms with Crippen molar-refractivity contribution >= 4 is 0 Å². The van der Waals surface area contributed by atoms with E-state index in [9.17, 15) is 0 Å². The van der Waals surface area contributed by atoms with E-state index < -0.39 is 0 Å². The van der Waals surface area contributed by atoms with E-state index in [4.69, 9.17) is 10.5 Å². The van der Waals surface area contributed by atoms with Crippen LogP contribution in [0.25, 0.3) is 0 Å². The first kappa shape index (κ1) is 12.7. The van der Waals surface area contributed by atoms with Gasteiger partial charge < -0.3 is 10.5 Å². The molecule has 18 heavy (non-hydrogen) atoms. The molecule has 2 heteroatoms. The van der Waals surface area contributed by atoms with Crippen LogP contribution in [0.5, 0.6) is 5.75 Å². The molecule has 0 fully saturated rings. The van der Waals surface area contributed by atoms with Gasteiger partial charge in [-0.05, 0) is 31.5 Å². The lowest BCUT2D eigenvalue weighted by atomic mass is 10.0. The van der Waals surface area contributed by atoms with Crippen molar-refractivity contribution in [3.8, 4) is 5.75 Å². The van der Waals surface area contributed by atoms with Crippen LogP contribution in [0, 0.1) is 6.92 Å². The summed E-state index contributed by atoms with van der Waals surface area (Å²) in [5.74, 6) is 0.853. The highest BCUT2D eigenvalue weighted by atomic mass is 16.5. The fourth-order valence-electron chi connectivity index (χ4n) is 1.89. The van der Waals surface area contributed by atoms with Crippen LogP contribution >= 0.6 is 0 Å². The normalized spacial score (nSPS) is 13.9. The maximum Gasteiger partial charge on any atom is 0.138 e. The minimum atomic E-state index is -0.117. The minimum Gasteiger partial charge on any atom is -0.484 e. The third kappa shape index (κ3) is 3.11. The van der Waals surface area contributed by atoms with Crippen LogP contribution < -0.4 is 10.5 Å². The number of hydrogen-bond acceptors (Lipinski definition) is 2. The molecule has 0 saturated heterocycles. The average molecular weight is 241 g/mol. The van der Waals surface area contributed by atoms with E-state index in [2.05, 4.69) is 6.92 Å². The van der Waals surface area contributed by atoms with Gasteiger partial charge >= 0.3 is 0 Å². The Kier molecular flexibility index (Phi) is 4.00. The number of nitrogens with two attached hydrogens (primary N) is 1. The SMILES string of the molecule is Cc1ccc(OC(c2ccccc2)C(C)N)cc1. The van der Waals surface area contributed by atoms with Gasteiger partial charge in [-0.15, -0.1) is 0 Å². The fourth-order valence-corrected chi connectivity index (χ4v) is 1.89. The van der Waals surface area contributed by atoms with E-state index in [0.29, 0.717) is 0 Å². The Morgan fingerprint density at radius 2 is 1.56 bits per heavy atom. The first-order valence-electron chi connectivity index (χ1n) is 6.20. The number of hydrogen-bond donors (Lipinski definition) is 1. The first-order valence-corrected chi connectivity index (χ1v) is 6.20. The van der Waals surface area contributed by atoms with Gasteiger partial charge in [0.15, 0.2) is 0 Å². The molecule has 2 aromatic carbocycles. The van der Waals surface area contributed by atoms with Crippen molar-refractivity contribution < 1.29 is 4.74 Å². The van der Waals surface area contributed by atoms with Crippen molar-refractivity contribution in [1.29, 1.82) is 0 Å². The van der Waals surface area contributed by atoms with Crippen LogP contribution in [0.15, 0.2) is 54.6 Å². The van der Waals surface area contributed by atoms with Gasteiger partial charge in [0.05, 0.1) is 0 Å². The predicted octanol–water partition coefficient (Wildman–Crippen LogP) is 3.46. The summed E-state index contributed by atoms with van der Waals surface area (Å²) in [6.45, 7) is 4.02. The highest BCUT2D eigenvalue weighted by Crippen LogP contribution is 2.24. The Labute approximate surface area is 108 Å². The van der Waals surface area contributed by atoms with Crippen molar-refractivity contribution in [3.63, 3.8) is 0 Å². The molecule has 2 aromatic rings. The molecule has 0 heterocycles. The van der Waals surface area contributed by atoms with E-state index in [-0.39, 0.29) is 12.1 Å². The molecule has 0 amide bonds. The van der Waals surface area contributed by atoms with E-state index in [1.54, 1.807) is 0 Å². The number of rotatable bonds is 4. The van der Waals surface area contributed by atoms with Crippen molar-refractivity contribution in [1.82, 2.24) is 0 Å². The molecule has 0 aliphatic heterocycles. The topological polar surface area (TPSA) is 35.2 Å². The van der Waals surface area contributed by atoms with E-state index in [1.165, 1.54) is 5.56 Å². The first-order chi connectivity index (χ1) is 8.66. The third-order valence-electron chi connectivity index (χ3n) is 2.89. The monoisotopic (exact) mass is 241 g/mol. The zero-order valence-corrected chi connectivity index (χ0v) is 10.8. The second-order valence-corrected chi connectivity index (χ2v) is 4.62. The molecule has 0 spiro atoms. The molecule has 0 aliphatic carbocycles. The summed E-state index contributed by atoms with van der Waals surface area (Å²) in [6, 6.07) is 18.1. The zero-order valence-electron chi connectivity index (χ0n) is 10.8. The van der Waals surface area contributed by atoms with Crippen molar-refractivity contribution in [3.05, 3.63) is 65.7 Å². The van der Waals surface area contributed by atoms with Crippen molar-refractivity contribution in [2.45, 2.75) is 26.0 Å². The van der Waals surface area contributed by atoms with Crippen LogP contribution in [-0.4, -0.2) is 6.04 Å². The average Bonchev–Trinajstić information content (AvgIpc) is 2.38. The molecule has 0 aliphatic rings. The molecule has 2 unspecified atom stereocenters. The lowest BCUT2D eigenvalue weighted by molar-refractivity contribution is 0.180. The summed E-state index contributed by atoms with van der Waals surface area (Å²) in [5, 5.41) is 0. The van der Waals surface area contributed by atoms with Crippen LogP contribution in [-0.2, 0) is 0 Å². The van der Waals surface area contributed by atoms with E-state index in [0.717, 1.165) is 11.3 Å². The predicted molar refractivity (Wildman–Crippen MR) is 74.6 cm³/mol. The second-order valence-electron chi connectivity index (χ2n) is 4.62. The van der Waals surface area contributed by atoms with Crippen LogP contribution in [0.1, 0.15) is 24.2 Å². The Bertz CT molecular complexity index is 476. The molecular formula is C16H19NO. The van der Waals surface area contributed by atoms with Gasteiger partial charge in [0.1, 0.15) is 11.9 Å². The summed E-state index contributed by atoms with van der Waals surface area (Å²) in [4.78, 5) is 0. The third-order valence-corrected chi connectivity index (χ3v) is 2.89. The Morgan fingerprint density at radius 1 is 0.944 bits per heavy atom. The fraction of sp³-hybridized carbons (Fsp3) is 0.250. The molecule has 2 rings (SSSR count). The Morgan fingerprint density at radius 3 is 2.11 bits per heavy atom. The minimum absolute atomic E-state index is 0.0614. The lowest BCUT2D eigenvalue weighted by Gasteiger charge is -2.23. The maximum absolute atomic E-state index is 6.02. The maximum atomic E-state index is 6.02. The lowest BCUT2D eigenvalue weighted by Crippen LogP contribution is -2.29. The number of aryl methyl sites for hydroxylation is 1. The smallest absolute Gasteiger partial charge is 0.138 e. The summed E-state index contributed by atoms with van der Waals surface area (Å²) >= 11 is 0. The molecule has 2 N–H and O–H groups in total. The Balaban J connectivity index is 2.19. The molecule has 0 bridgehead atoms. The summed E-state index contributed by atoms with van der Waals surface area (Å²) in [6.07, 6.45) is -0.117. The quantitative estimate of drug-likeness (QED) is 0.889. The van der Waals surface area contributed by atoms with Gasteiger partial charge in [-0.3, -0.25) is 0 Å². The van der Waals surface area contributed by atoms with Gasteiger partial charge in [0, 0.05) is 6.04 Å². The molecule has 0 radical (unpaired) electrons. The van der Waals surface area contributed by atoms with Crippen molar-refractivity contribution in [2.75, 3.05) is 0 Å². The van der Waals surface area contributed by atoms with Gasteiger partial charge in [-0.25, -0.2) is 0 Å². The Hall–Kier alpha value is -1.80. The summed E-state index contributed by atoms with van der Waals surface area (Å²) < 4.78 is 5.99. The van der Waals surface area contributed by atoms with Crippen molar-refractivity contribution in [2.24, 2.45) is 5.73 Å². The summed E-state index contributed by atoms with van der Waals surface area (Å²) in [7, 11) is 0. The highest BCUT2D eigenvalue weighted by molar-refractivity contribution is 5.28. The van der Waals surface area contributed by atoms with Gasteiger partial charge in [-0.2, -0.15) is 0 Å². The zero-order chi connectivity index (χ0) is 13.0. The van der Waals surface area contributed by atoms with Crippen LogP contribution in [0.4, 0.5) is 0 Å². The van der Waals surface area contributed by atoms with E-state index >= 15 is 0 Å². The van der Waals surface area contributed by atoms with Crippen LogP contribution in [0.2, 0.25) is 0 Å². The largest absolute Gasteiger partial charge is 0.484 e. The molecule has 0 aromatic heterocycles. The molecule has 94 valence electrons. The molecule has 0 saturated carbocycles. The number of benzene rings is 2. The molecule has 2 nitrogen and oxygen atoms in total. The van der Waals surface area contributed by atoms with E-state index in [1.807, 2.05) is 61.5 Å².